The van der Waals surface area contributed by atoms with E-state index in [2.05, 4.69) is 15.6 Å². The van der Waals surface area contributed by atoms with Gasteiger partial charge in [-0.3, -0.25) is 4.99 Å². The minimum Gasteiger partial charge on any atom is -0.357 e. The highest BCUT2D eigenvalue weighted by molar-refractivity contribution is 14.0. The number of benzene rings is 2. The molecule has 160 valence electrons. The lowest BCUT2D eigenvalue weighted by molar-refractivity contribution is 0.602. The summed E-state index contributed by atoms with van der Waals surface area (Å²) in [5.41, 5.74) is 1.49. The molecule has 0 saturated carbocycles. The summed E-state index contributed by atoms with van der Waals surface area (Å²) in [6.45, 7) is 3.70. The van der Waals surface area contributed by atoms with Crippen molar-refractivity contribution in [1.29, 1.82) is 0 Å². The van der Waals surface area contributed by atoms with E-state index in [-0.39, 0.29) is 29.8 Å². The van der Waals surface area contributed by atoms with Gasteiger partial charge in [-0.25, -0.2) is 12.8 Å². The molecule has 0 unspecified atom stereocenters. The second-order valence-corrected chi connectivity index (χ2v) is 8.73. The Morgan fingerprint density at radius 1 is 1.10 bits per heavy atom. The lowest BCUT2D eigenvalue weighted by atomic mass is 10.1. The third-order valence-electron chi connectivity index (χ3n) is 4.10. The molecule has 0 aliphatic heterocycles. The van der Waals surface area contributed by atoms with Crippen molar-refractivity contribution in [2.45, 2.75) is 24.7 Å². The maximum absolute atomic E-state index is 13.8. The van der Waals surface area contributed by atoms with E-state index in [9.17, 15) is 12.8 Å². The first-order chi connectivity index (χ1) is 13.3. The number of hydrogen-bond acceptors (Lipinski definition) is 3. The molecule has 2 N–H and O–H groups in total. The standard InChI is InChI=1S/C20H25ClFN3O2S.HI/c1-3-23-20(25-14-12-17-18(21)5-4-6-19(17)22)24-13-11-15-7-9-16(10-8-15)28(2,26)27;/h4-10H,3,11-14H2,1-2H3,(H2,23,24,25);1H. The van der Waals surface area contributed by atoms with Crippen LogP contribution in [0.25, 0.3) is 0 Å². The van der Waals surface area contributed by atoms with Gasteiger partial charge in [0.15, 0.2) is 15.8 Å². The molecule has 2 aromatic rings. The van der Waals surface area contributed by atoms with Crippen LogP contribution < -0.4 is 10.6 Å². The molecule has 0 aliphatic carbocycles. The average Bonchev–Trinajstić information content (AvgIpc) is 2.64. The fourth-order valence-corrected chi connectivity index (χ4v) is 3.51. The van der Waals surface area contributed by atoms with E-state index < -0.39 is 9.84 Å². The number of nitrogens with one attached hydrogen (secondary N) is 2. The molecule has 0 aliphatic rings. The third kappa shape index (κ3) is 8.47. The van der Waals surface area contributed by atoms with E-state index in [1.165, 1.54) is 12.3 Å². The van der Waals surface area contributed by atoms with Gasteiger partial charge in [-0.1, -0.05) is 29.8 Å². The van der Waals surface area contributed by atoms with Crippen molar-refractivity contribution in [3.05, 3.63) is 64.4 Å². The van der Waals surface area contributed by atoms with Crippen molar-refractivity contribution in [3.63, 3.8) is 0 Å². The Bertz CT molecular complexity index is 902. The number of guanidine groups is 1. The van der Waals surface area contributed by atoms with Crippen LogP contribution in [0.5, 0.6) is 0 Å². The van der Waals surface area contributed by atoms with Crippen LogP contribution in [0.4, 0.5) is 4.39 Å². The van der Waals surface area contributed by atoms with Crippen molar-refractivity contribution >= 4 is 51.4 Å². The van der Waals surface area contributed by atoms with Crippen molar-refractivity contribution in [3.8, 4) is 0 Å². The fourth-order valence-electron chi connectivity index (χ4n) is 2.62. The molecule has 0 radical (unpaired) electrons. The number of hydrogen-bond donors (Lipinski definition) is 2. The van der Waals surface area contributed by atoms with Gasteiger partial charge in [-0.2, -0.15) is 0 Å². The maximum atomic E-state index is 13.8. The summed E-state index contributed by atoms with van der Waals surface area (Å²) >= 11 is 6.04. The number of halogens is 3. The van der Waals surface area contributed by atoms with Crippen LogP contribution >= 0.6 is 35.6 Å². The Balaban J connectivity index is 0.00000420. The van der Waals surface area contributed by atoms with Crippen LogP contribution in [0.3, 0.4) is 0 Å². The van der Waals surface area contributed by atoms with E-state index in [0.717, 1.165) is 5.56 Å². The highest BCUT2D eigenvalue weighted by Gasteiger charge is 2.07. The Labute approximate surface area is 194 Å². The van der Waals surface area contributed by atoms with Crippen LogP contribution in [-0.4, -0.2) is 40.3 Å². The summed E-state index contributed by atoms with van der Waals surface area (Å²) in [5, 5.41) is 6.78. The normalized spacial score (nSPS) is 11.7. The molecule has 0 saturated heterocycles. The molecule has 2 rings (SSSR count). The van der Waals surface area contributed by atoms with E-state index >= 15 is 0 Å². The summed E-state index contributed by atoms with van der Waals surface area (Å²) in [5.74, 6) is 0.320. The highest BCUT2D eigenvalue weighted by Crippen LogP contribution is 2.19. The first-order valence-electron chi connectivity index (χ1n) is 9.05. The lowest BCUT2D eigenvalue weighted by Gasteiger charge is -2.12. The van der Waals surface area contributed by atoms with Crippen molar-refractivity contribution in [1.82, 2.24) is 10.6 Å². The number of aliphatic imine (C=N–C) groups is 1. The highest BCUT2D eigenvalue weighted by atomic mass is 127. The molecule has 29 heavy (non-hydrogen) atoms. The molecule has 0 aromatic heterocycles. The number of rotatable bonds is 8. The minimum absolute atomic E-state index is 0. The third-order valence-corrected chi connectivity index (χ3v) is 5.58. The summed E-state index contributed by atoms with van der Waals surface area (Å²) in [7, 11) is -3.18. The SMILES string of the molecule is CCNC(=NCCc1c(F)cccc1Cl)NCCc1ccc(S(C)(=O)=O)cc1.I. The molecule has 9 heteroatoms. The van der Waals surface area contributed by atoms with Gasteiger partial charge in [0.05, 0.1) is 4.90 Å². The van der Waals surface area contributed by atoms with Crippen molar-refractivity contribution in [2.24, 2.45) is 4.99 Å². The average molecular weight is 554 g/mol. The molecular weight excluding hydrogens is 528 g/mol. The second-order valence-electron chi connectivity index (χ2n) is 6.30. The molecule has 0 heterocycles. The molecule has 2 aromatic carbocycles. The van der Waals surface area contributed by atoms with Gasteiger partial charge >= 0.3 is 0 Å². The predicted molar refractivity (Wildman–Crippen MR) is 128 cm³/mol. The van der Waals surface area contributed by atoms with E-state index in [4.69, 9.17) is 11.6 Å². The number of sulfone groups is 1. The zero-order valence-electron chi connectivity index (χ0n) is 16.4. The van der Waals surface area contributed by atoms with E-state index in [1.807, 2.05) is 19.1 Å². The first-order valence-corrected chi connectivity index (χ1v) is 11.3. The summed E-state index contributed by atoms with van der Waals surface area (Å²) in [6.07, 6.45) is 2.32. The first kappa shape index (κ1) is 25.6. The van der Waals surface area contributed by atoms with Gasteiger partial charge in [0.2, 0.25) is 0 Å². The molecule has 5 nitrogen and oxygen atoms in total. The van der Waals surface area contributed by atoms with Crippen LogP contribution in [0.1, 0.15) is 18.1 Å². The summed E-state index contributed by atoms with van der Waals surface area (Å²) in [6, 6.07) is 11.5. The Hall–Kier alpha value is -1.39. The van der Waals surface area contributed by atoms with Gasteiger partial charge in [-0.15, -0.1) is 24.0 Å². The van der Waals surface area contributed by atoms with Gasteiger partial charge in [0.1, 0.15) is 5.82 Å². The quantitative estimate of drug-likeness (QED) is 0.296. The van der Waals surface area contributed by atoms with E-state index in [1.54, 1.807) is 24.3 Å². The Morgan fingerprint density at radius 3 is 2.38 bits per heavy atom. The van der Waals surface area contributed by atoms with Gasteiger partial charge in [0.25, 0.3) is 0 Å². The smallest absolute Gasteiger partial charge is 0.191 e. The topological polar surface area (TPSA) is 70.6 Å². The molecule has 0 fully saturated rings. The summed E-state index contributed by atoms with van der Waals surface area (Å²) < 4.78 is 36.8. The van der Waals surface area contributed by atoms with Crippen LogP contribution in [0.2, 0.25) is 5.02 Å². The fraction of sp³-hybridized carbons (Fsp3) is 0.350. The molecule has 0 spiro atoms. The minimum atomic E-state index is -3.18. The molecule has 0 bridgehead atoms. The lowest BCUT2D eigenvalue weighted by Crippen LogP contribution is -2.38. The monoisotopic (exact) mass is 553 g/mol. The largest absolute Gasteiger partial charge is 0.357 e. The van der Waals surface area contributed by atoms with E-state index in [0.29, 0.717) is 53.9 Å². The second kappa shape index (κ2) is 12.3. The van der Waals surface area contributed by atoms with Crippen molar-refractivity contribution < 1.29 is 12.8 Å². The van der Waals surface area contributed by atoms with Crippen LogP contribution in [0.15, 0.2) is 52.4 Å². The maximum Gasteiger partial charge on any atom is 0.191 e. The van der Waals surface area contributed by atoms with Gasteiger partial charge in [-0.05, 0) is 49.6 Å². The summed E-state index contributed by atoms with van der Waals surface area (Å²) in [4.78, 5) is 4.77. The zero-order chi connectivity index (χ0) is 20.6. The molecule has 0 atom stereocenters. The van der Waals surface area contributed by atoms with Crippen LogP contribution in [0, 0.1) is 5.82 Å². The molecule has 0 amide bonds. The van der Waals surface area contributed by atoms with Crippen molar-refractivity contribution in [2.75, 3.05) is 25.9 Å². The van der Waals surface area contributed by atoms with Gasteiger partial charge < -0.3 is 10.6 Å². The zero-order valence-corrected chi connectivity index (χ0v) is 20.3. The Morgan fingerprint density at radius 2 is 1.79 bits per heavy atom. The molecular formula is C20H26ClFIN3O2S. The van der Waals surface area contributed by atoms with Crippen LogP contribution in [-0.2, 0) is 22.7 Å². The Kier molecular flexibility index (Phi) is 10.9. The van der Waals surface area contributed by atoms with Gasteiger partial charge in [0, 0.05) is 36.5 Å². The number of nitrogens with zero attached hydrogens (tertiary/aromatic N) is 1. The predicted octanol–water partition coefficient (Wildman–Crippen LogP) is 3.84.